The fraction of sp³-hybridized carbons (Fsp3) is 0.188. The van der Waals surface area contributed by atoms with Gasteiger partial charge in [-0.1, -0.05) is 36.4 Å². The van der Waals surface area contributed by atoms with Gasteiger partial charge in [0.25, 0.3) is 0 Å². The molecule has 0 aliphatic heterocycles. The fourth-order valence-corrected chi connectivity index (χ4v) is 2.28. The minimum Gasteiger partial charge on any atom is -0.325 e. The third kappa shape index (κ3) is 3.44. The molecule has 2 aromatic rings. The topological polar surface area (TPSA) is 29.1 Å². The predicted octanol–water partition coefficient (Wildman–Crippen LogP) is 4.25. The van der Waals surface area contributed by atoms with Crippen LogP contribution in [0.4, 0.5) is 5.69 Å². The van der Waals surface area contributed by atoms with Crippen LogP contribution >= 0.6 is 15.9 Å². The average Bonchev–Trinajstić information content (AvgIpc) is 2.38. The van der Waals surface area contributed by atoms with Crippen LogP contribution in [-0.2, 0) is 11.2 Å². The van der Waals surface area contributed by atoms with E-state index in [4.69, 9.17) is 0 Å². The molecule has 2 rings (SSSR count). The highest BCUT2D eigenvalue weighted by molar-refractivity contribution is 9.10. The van der Waals surface area contributed by atoms with Crippen LogP contribution in [0.3, 0.4) is 0 Å². The van der Waals surface area contributed by atoms with Gasteiger partial charge in [0, 0.05) is 4.47 Å². The Hall–Kier alpha value is -1.61. The van der Waals surface area contributed by atoms with Gasteiger partial charge in [-0.25, -0.2) is 0 Å². The molecule has 0 aliphatic rings. The van der Waals surface area contributed by atoms with Gasteiger partial charge in [0.2, 0.25) is 5.91 Å². The Labute approximate surface area is 122 Å². The van der Waals surface area contributed by atoms with Crippen molar-refractivity contribution in [3.05, 3.63) is 63.6 Å². The summed E-state index contributed by atoms with van der Waals surface area (Å²) in [5.74, 6) is 0.000556. The highest BCUT2D eigenvalue weighted by Gasteiger charge is 2.08. The summed E-state index contributed by atoms with van der Waals surface area (Å²) in [5, 5.41) is 2.94. The van der Waals surface area contributed by atoms with Crippen molar-refractivity contribution in [2.45, 2.75) is 20.3 Å². The summed E-state index contributed by atoms with van der Waals surface area (Å²) < 4.78 is 0.938. The number of anilines is 1. The van der Waals surface area contributed by atoms with Crippen LogP contribution in [0.25, 0.3) is 0 Å². The van der Waals surface area contributed by atoms with Gasteiger partial charge >= 0.3 is 0 Å². The van der Waals surface area contributed by atoms with Gasteiger partial charge in [0.1, 0.15) is 0 Å². The van der Waals surface area contributed by atoms with Gasteiger partial charge in [-0.15, -0.1) is 0 Å². The van der Waals surface area contributed by atoms with Crippen molar-refractivity contribution in [1.82, 2.24) is 0 Å². The van der Waals surface area contributed by atoms with Crippen LogP contribution in [0.1, 0.15) is 16.7 Å². The summed E-state index contributed by atoms with van der Waals surface area (Å²) in [7, 11) is 0. The van der Waals surface area contributed by atoms with E-state index in [1.54, 1.807) is 0 Å². The summed E-state index contributed by atoms with van der Waals surface area (Å²) in [6.07, 6.45) is 0.396. The first-order valence-corrected chi connectivity index (χ1v) is 6.96. The minimum absolute atomic E-state index is 0.000556. The molecule has 0 bridgehead atoms. The molecule has 0 unspecified atom stereocenters. The van der Waals surface area contributed by atoms with Gasteiger partial charge in [0.15, 0.2) is 0 Å². The van der Waals surface area contributed by atoms with Gasteiger partial charge in [-0.3, -0.25) is 4.79 Å². The minimum atomic E-state index is 0.000556. The Morgan fingerprint density at radius 3 is 2.47 bits per heavy atom. The Morgan fingerprint density at radius 1 is 1.05 bits per heavy atom. The lowest BCUT2D eigenvalue weighted by atomic mass is 10.1. The van der Waals surface area contributed by atoms with Crippen LogP contribution in [0.15, 0.2) is 46.9 Å². The lowest BCUT2D eigenvalue weighted by Gasteiger charge is -2.10. The number of hydrogen-bond donors (Lipinski definition) is 1. The van der Waals surface area contributed by atoms with E-state index in [1.807, 2.05) is 56.3 Å². The molecule has 0 atom stereocenters. The van der Waals surface area contributed by atoms with Crippen LogP contribution < -0.4 is 5.32 Å². The molecule has 0 radical (unpaired) electrons. The smallest absolute Gasteiger partial charge is 0.228 e. The number of hydrogen-bond acceptors (Lipinski definition) is 1. The van der Waals surface area contributed by atoms with E-state index in [1.165, 1.54) is 0 Å². The second-order valence-electron chi connectivity index (χ2n) is 4.59. The Kier molecular flexibility index (Phi) is 4.38. The molecule has 1 amide bonds. The summed E-state index contributed by atoms with van der Waals surface area (Å²) in [5.41, 5.74) is 4.12. The standard InChI is InChI=1S/C16H16BrNO/c1-11-6-3-4-8-13(11)10-15(19)18-14-9-5-7-12(2)16(14)17/h3-9H,10H2,1-2H3,(H,18,19). The number of amides is 1. The van der Waals surface area contributed by atoms with Crippen LogP contribution in [-0.4, -0.2) is 5.91 Å². The molecule has 2 nitrogen and oxygen atoms in total. The molecule has 2 aromatic carbocycles. The first kappa shape index (κ1) is 13.8. The fourth-order valence-electron chi connectivity index (χ4n) is 1.92. The lowest BCUT2D eigenvalue weighted by molar-refractivity contribution is -0.115. The van der Waals surface area contributed by atoms with Gasteiger partial charge < -0.3 is 5.32 Å². The van der Waals surface area contributed by atoms with Gasteiger partial charge in [-0.2, -0.15) is 0 Å². The van der Waals surface area contributed by atoms with Crippen molar-refractivity contribution in [2.24, 2.45) is 0 Å². The molecule has 0 heterocycles. The van der Waals surface area contributed by atoms with E-state index in [9.17, 15) is 4.79 Å². The largest absolute Gasteiger partial charge is 0.325 e. The summed E-state index contributed by atoms with van der Waals surface area (Å²) in [4.78, 5) is 12.1. The van der Waals surface area contributed by atoms with E-state index >= 15 is 0 Å². The van der Waals surface area contributed by atoms with Crippen molar-refractivity contribution in [3.63, 3.8) is 0 Å². The molecule has 3 heteroatoms. The van der Waals surface area contributed by atoms with E-state index < -0.39 is 0 Å². The molecule has 98 valence electrons. The highest BCUT2D eigenvalue weighted by Crippen LogP contribution is 2.25. The summed E-state index contributed by atoms with van der Waals surface area (Å²) >= 11 is 3.49. The normalized spacial score (nSPS) is 10.3. The molecular formula is C16H16BrNO. The zero-order valence-electron chi connectivity index (χ0n) is 11.0. The molecule has 0 fully saturated rings. The van der Waals surface area contributed by atoms with E-state index in [-0.39, 0.29) is 5.91 Å². The number of benzene rings is 2. The van der Waals surface area contributed by atoms with Crippen LogP contribution in [0.5, 0.6) is 0 Å². The summed E-state index contributed by atoms with van der Waals surface area (Å²) in [6, 6.07) is 13.8. The van der Waals surface area contributed by atoms with E-state index in [0.717, 1.165) is 26.9 Å². The molecule has 0 spiro atoms. The van der Waals surface area contributed by atoms with Crippen molar-refractivity contribution >= 4 is 27.5 Å². The third-order valence-electron chi connectivity index (χ3n) is 3.08. The SMILES string of the molecule is Cc1ccccc1CC(=O)Nc1cccc(C)c1Br. The van der Waals surface area contributed by atoms with Crippen molar-refractivity contribution in [3.8, 4) is 0 Å². The number of carbonyl (C=O) groups is 1. The van der Waals surface area contributed by atoms with Crippen molar-refractivity contribution in [1.29, 1.82) is 0 Å². The van der Waals surface area contributed by atoms with Crippen molar-refractivity contribution < 1.29 is 4.79 Å². The average molecular weight is 318 g/mol. The number of halogens is 1. The summed E-state index contributed by atoms with van der Waals surface area (Å²) in [6.45, 7) is 4.02. The molecular weight excluding hydrogens is 302 g/mol. The van der Waals surface area contributed by atoms with Crippen molar-refractivity contribution in [2.75, 3.05) is 5.32 Å². The third-order valence-corrected chi connectivity index (χ3v) is 4.13. The van der Waals surface area contributed by atoms with Crippen LogP contribution in [0.2, 0.25) is 0 Å². The zero-order valence-corrected chi connectivity index (χ0v) is 12.6. The monoisotopic (exact) mass is 317 g/mol. The first-order chi connectivity index (χ1) is 9.08. The maximum Gasteiger partial charge on any atom is 0.228 e. The lowest BCUT2D eigenvalue weighted by Crippen LogP contribution is -2.15. The Balaban J connectivity index is 2.10. The van der Waals surface area contributed by atoms with E-state index in [2.05, 4.69) is 21.2 Å². The second-order valence-corrected chi connectivity index (χ2v) is 5.38. The van der Waals surface area contributed by atoms with Gasteiger partial charge in [0.05, 0.1) is 12.1 Å². The Morgan fingerprint density at radius 2 is 1.74 bits per heavy atom. The second kappa shape index (κ2) is 6.02. The molecule has 0 saturated heterocycles. The number of carbonyl (C=O) groups excluding carboxylic acids is 1. The quantitative estimate of drug-likeness (QED) is 0.901. The molecule has 0 saturated carbocycles. The Bertz CT molecular complexity index is 607. The van der Waals surface area contributed by atoms with Crippen LogP contribution in [0, 0.1) is 13.8 Å². The molecule has 0 aliphatic carbocycles. The number of aryl methyl sites for hydroxylation is 2. The molecule has 19 heavy (non-hydrogen) atoms. The highest BCUT2D eigenvalue weighted by atomic mass is 79.9. The molecule has 0 aromatic heterocycles. The maximum absolute atomic E-state index is 12.1. The maximum atomic E-state index is 12.1. The zero-order chi connectivity index (χ0) is 13.8. The van der Waals surface area contributed by atoms with Gasteiger partial charge in [-0.05, 0) is 52.5 Å². The molecule has 1 N–H and O–H groups in total. The first-order valence-electron chi connectivity index (χ1n) is 6.17. The predicted molar refractivity (Wildman–Crippen MR) is 82.4 cm³/mol. The number of rotatable bonds is 3. The number of nitrogens with one attached hydrogen (secondary N) is 1. The van der Waals surface area contributed by atoms with E-state index in [0.29, 0.717) is 6.42 Å².